The van der Waals surface area contributed by atoms with Crippen molar-refractivity contribution in [3.05, 3.63) is 65.5 Å². The zero-order chi connectivity index (χ0) is 15.5. The summed E-state index contributed by atoms with van der Waals surface area (Å²) in [6.45, 7) is 0. The number of hydrogen-bond acceptors (Lipinski definition) is 3. The topological polar surface area (TPSA) is 65.6 Å². The van der Waals surface area contributed by atoms with Gasteiger partial charge >= 0.3 is 0 Å². The standard InChI is InChI=1S/C17H10FN3O/c18-13-7-5-11(6-8-13)9-12(10-19)16-20-15-4-2-1-3-14(15)17(22)21-16/h1-9,14H/b12-9+. The van der Waals surface area contributed by atoms with Crippen molar-refractivity contribution in [3.63, 3.8) is 0 Å². The lowest BCUT2D eigenvalue weighted by molar-refractivity contribution is -0.118. The molecule has 5 heteroatoms. The molecule has 1 aliphatic carbocycles. The first-order chi connectivity index (χ1) is 10.7. The first-order valence-electron chi connectivity index (χ1n) is 6.61. The monoisotopic (exact) mass is 291 g/mol. The highest BCUT2D eigenvalue weighted by Gasteiger charge is 2.27. The summed E-state index contributed by atoms with van der Waals surface area (Å²) in [7, 11) is 0. The van der Waals surface area contributed by atoms with Gasteiger partial charge in [-0.05, 0) is 29.8 Å². The summed E-state index contributed by atoms with van der Waals surface area (Å²) in [6.07, 6.45) is 8.52. The summed E-state index contributed by atoms with van der Waals surface area (Å²) >= 11 is 0. The number of aliphatic imine (C=N–C) groups is 2. The van der Waals surface area contributed by atoms with E-state index in [-0.39, 0.29) is 23.1 Å². The van der Waals surface area contributed by atoms with Crippen LogP contribution in [0.4, 0.5) is 4.39 Å². The van der Waals surface area contributed by atoms with Gasteiger partial charge < -0.3 is 0 Å². The molecule has 0 radical (unpaired) electrons. The van der Waals surface area contributed by atoms with E-state index in [0.717, 1.165) is 0 Å². The molecule has 2 aliphatic rings. The van der Waals surface area contributed by atoms with Crippen LogP contribution in [0.15, 0.2) is 64.1 Å². The van der Waals surface area contributed by atoms with Crippen molar-refractivity contribution >= 4 is 23.5 Å². The summed E-state index contributed by atoms with van der Waals surface area (Å²) < 4.78 is 12.9. The smallest absolute Gasteiger partial charge is 0.260 e. The second-order valence-electron chi connectivity index (χ2n) is 4.75. The Labute approximate surface area is 126 Å². The van der Waals surface area contributed by atoms with Gasteiger partial charge in [0.05, 0.1) is 11.3 Å². The van der Waals surface area contributed by atoms with Crippen LogP contribution in [0.25, 0.3) is 6.08 Å². The van der Waals surface area contributed by atoms with Gasteiger partial charge in [0.25, 0.3) is 5.91 Å². The van der Waals surface area contributed by atoms with Crippen LogP contribution >= 0.6 is 0 Å². The van der Waals surface area contributed by atoms with Gasteiger partial charge in [-0.25, -0.2) is 9.38 Å². The zero-order valence-electron chi connectivity index (χ0n) is 11.4. The van der Waals surface area contributed by atoms with Crippen molar-refractivity contribution in [3.8, 4) is 6.07 Å². The minimum atomic E-state index is -0.473. The summed E-state index contributed by atoms with van der Waals surface area (Å²) in [5.41, 5.74) is 1.36. The van der Waals surface area contributed by atoms with Gasteiger partial charge in [0.2, 0.25) is 0 Å². The Kier molecular flexibility index (Phi) is 3.58. The second-order valence-corrected chi connectivity index (χ2v) is 4.75. The van der Waals surface area contributed by atoms with Gasteiger partial charge in [-0.15, -0.1) is 0 Å². The number of halogens is 1. The van der Waals surface area contributed by atoms with Crippen LogP contribution in [0.2, 0.25) is 0 Å². The van der Waals surface area contributed by atoms with E-state index in [1.54, 1.807) is 24.3 Å². The Morgan fingerprint density at radius 1 is 1.23 bits per heavy atom. The van der Waals surface area contributed by atoms with E-state index in [1.165, 1.54) is 30.3 Å². The van der Waals surface area contributed by atoms with Crippen molar-refractivity contribution in [2.45, 2.75) is 0 Å². The van der Waals surface area contributed by atoms with Gasteiger partial charge in [0.15, 0.2) is 5.84 Å². The van der Waals surface area contributed by atoms with Crippen LogP contribution in [-0.4, -0.2) is 17.5 Å². The first-order valence-corrected chi connectivity index (χ1v) is 6.61. The molecule has 1 aromatic rings. The first kappa shape index (κ1) is 13.8. The fourth-order valence-corrected chi connectivity index (χ4v) is 2.16. The molecule has 1 unspecified atom stereocenters. The molecule has 106 valence electrons. The lowest BCUT2D eigenvalue weighted by Gasteiger charge is -2.17. The van der Waals surface area contributed by atoms with Crippen LogP contribution in [0, 0.1) is 23.1 Å². The van der Waals surface area contributed by atoms with E-state index < -0.39 is 5.92 Å². The summed E-state index contributed by atoms with van der Waals surface area (Å²) in [6, 6.07) is 7.66. The van der Waals surface area contributed by atoms with Crippen LogP contribution in [0.3, 0.4) is 0 Å². The van der Waals surface area contributed by atoms with Gasteiger partial charge in [-0.3, -0.25) is 4.79 Å². The molecule has 0 aromatic heterocycles. The maximum Gasteiger partial charge on any atom is 0.260 e. The number of allylic oxidation sites excluding steroid dienone is 3. The Morgan fingerprint density at radius 2 is 2.00 bits per heavy atom. The normalized spacial score (nSPS) is 20.1. The van der Waals surface area contributed by atoms with Gasteiger partial charge in [0.1, 0.15) is 17.8 Å². The van der Waals surface area contributed by atoms with Crippen molar-refractivity contribution in [1.82, 2.24) is 0 Å². The Balaban J connectivity index is 1.98. The van der Waals surface area contributed by atoms with Crippen molar-refractivity contribution in [2.75, 3.05) is 0 Å². The molecule has 4 nitrogen and oxygen atoms in total. The number of carbonyl (C=O) groups is 1. The number of rotatable bonds is 2. The Morgan fingerprint density at radius 3 is 2.73 bits per heavy atom. The SMILES string of the molecule is N#C/C(=C\c1ccc(F)cc1)C1=NC(=O)C2C=CC=CC2=N1. The van der Waals surface area contributed by atoms with Gasteiger partial charge in [0, 0.05) is 0 Å². The minimum absolute atomic E-state index is 0.0861. The lowest BCUT2D eigenvalue weighted by Crippen LogP contribution is -2.27. The molecule has 0 bridgehead atoms. The predicted molar refractivity (Wildman–Crippen MR) is 81.6 cm³/mol. The molecule has 22 heavy (non-hydrogen) atoms. The third-order valence-corrected chi connectivity index (χ3v) is 3.26. The van der Waals surface area contributed by atoms with Crippen LogP contribution in [0.1, 0.15) is 5.56 Å². The highest BCUT2D eigenvalue weighted by atomic mass is 19.1. The predicted octanol–water partition coefficient (Wildman–Crippen LogP) is 2.85. The summed E-state index contributed by atoms with van der Waals surface area (Å²) in [5.74, 6) is -1.09. The molecule has 1 atom stereocenters. The molecule has 0 fully saturated rings. The number of hydrogen-bond donors (Lipinski definition) is 0. The number of benzene rings is 1. The van der Waals surface area contributed by atoms with Crippen LogP contribution in [-0.2, 0) is 4.79 Å². The number of carbonyl (C=O) groups excluding carboxylic acids is 1. The third kappa shape index (κ3) is 2.67. The molecule has 1 aliphatic heterocycles. The maximum atomic E-state index is 12.9. The highest BCUT2D eigenvalue weighted by molar-refractivity contribution is 6.26. The largest absolute Gasteiger partial charge is 0.271 e. The molecular weight excluding hydrogens is 281 g/mol. The molecule has 1 heterocycles. The molecule has 0 saturated carbocycles. The van der Waals surface area contributed by atoms with Crippen molar-refractivity contribution < 1.29 is 9.18 Å². The third-order valence-electron chi connectivity index (χ3n) is 3.26. The number of amidine groups is 1. The highest BCUT2D eigenvalue weighted by Crippen LogP contribution is 2.19. The fraction of sp³-hybridized carbons (Fsp3) is 0.0588. The maximum absolute atomic E-state index is 12.9. The number of nitriles is 1. The molecular formula is C17H10FN3O. The van der Waals surface area contributed by atoms with Crippen LogP contribution in [0.5, 0.6) is 0 Å². The number of fused-ring (bicyclic) bond motifs is 1. The molecule has 1 aromatic carbocycles. The van der Waals surface area contributed by atoms with Gasteiger partial charge in [-0.1, -0.05) is 30.4 Å². The molecule has 0 saturated heterocycles. The molecule has 1 amide bonds. The minimum Gasteiger partial charge on any atom is -0.271 e. The van der Waals surface area contributed by atoms with E-state index in [1.807, 2.05) is 6.07 Å². The van der Waals surface area contributed by atoms with E-state index in [4.69, 9.17) is 0 Å². The van der Waals surface area contributed by atoms with Crippen molar-refractivity contribution in [2.24, 2.45) is 15.9 Å². The van der Waals surface area contributed by atoms with E-state index >= 15 is 0 Å². The fourth-order valence-electron chi connectivity index (χ4n) is 2.16. The summed E-state index contributed by atoms with van der Waals surface area (Å²) in [4.78, 5) is 20.2. The van der Waals surface area contributed by atoms with Crippen LogP contribution < -0.4 is 0 Å². The number of nitrogens with zero attached hydrogens (tertiary/aromatic N) is 3. The second kappa shape index (κ2) is 5.70. The number of amides is 1. The van der Waals surface area contributed by atoms with E-state index in [9.17, 15) is 14.4 Å². The van der Waals surface area contributed by atoms with Crippen molar-refractivity contribution in [1.29, 1.82) is 5.26 Å². The molecule has 0 spiro atoms. The molecule has 3 rings (SSSR count). The zero-order valence-corrected chi connectivity index (χ0v) is 11.4. The van der Waals surface area contributed by atoms with Gasteiger partial charge in [-0.2, -0.15) is 10.3 Å². The van der Waals surface area contributed by atoms with E-state index in [2.05, 4.69) is 9.98 Å². The average Bonchev–Trinajstić information content (AvgIpc) is 2.54. The Bertz CT molecular complexity index is 820. The summed E-state index contributed by atoms with van der Waals surface area (Å²) in [5, 5.41) is 9.29. The average molecular weight is 291 g/mol. The quantitative estimate of drug-likeness (QED) is 0.786. The Hall–Kier alpha value is -3.13. The molecule has 0 N–H and O–H groups in total. The van der Waals surface area contributed by atoms with E-state index in [0.29, 0.717) is 11.3 Å². The lowest BCUT2D eigenvalue weighted by atomic mass is 9.96.